The first kappa shape index (κ1) is 9.52. The summed E-state index contributed by atoms with van der Waals surface area (Å²) in [6.07, 6.45) is 1.79. The number of hydrogen-bond acceptors (Lipinski definition) is 1. The van der Waals surface area contributed by atoms with Crippen molar-refractivity contribution in [1.29, 1.82) is 0 Å². The first-order valence-corrected chi connectivity index (χ1v) is 4.67. The molecule has 15 heavy (non-hydrogen) atoms. The largest absolute Gasteiger partial charge is 0.478 e. The fourth-order valence-electron chi connectivity index (χ4n) is 1.69. The standard InChI is InChI=1S/C12H11NO2/c1-8-4-2-5-9(12(14)15)11(8)10-6-3-7-13-10/h2-7,13H,1H3,(H,14,15). The van der Waals surface area contributed by atoms with Gasteiger partial charge in [-0.3, -0.25) is 0 Å². The van der Waals surface area contributed by atoms with Crippen LogP contribution in [-0.2, 0) is 0 Å². The quantitative estimate of drug-likeness (QED) is 0.784. The van der Waals surface area contributed by atoms with E-state index in [4.69, 9.17) is 5.11 Å². The molecule has 3 heteroatoms. The van der Waals surface area contributed by atoms with E-state index in [2.05, 4.69) is 4.98 Å². The summed E-state index contributed by atoms with van der Waals surface area (Å²) < 4.78 is 0. The van der Waals surface area contributed by atoms with Gasteiger partial charge >= 0.3 is 5.97 Å². The van der Waals surface area contributed by atoms with Crippen molar-refractivity contribution < 1.29 is 9.90 Å². The maximum Gasteiger partial charge on any atom is 0.336 e. The third kappa shape index (κ3) is 1.64. The van der Waals surface area contributed by atoms with Crippen LogP contribution in [0.3, 0.4) is 0 Å². The van der Waals surface area contributed by atoms with Crippen LogP contribution in [-0.4, -0.2) is 16.1 Å². The average Bonchev–Trinajstić information content (AvgIpc) is 2.70. The van der Waals surface area contributed by atoms with Crippen molar-refractivity contribution in [2.75, 3.05) is 0 Å². The topological polar surface area (TPSA) is 53.1 Å². The zero-order valence-corrected chi connectivity index (χ0v) is 8.32. The molecule has 2 aromatic rings. The van der Waals surface area contributed by atoms with Gasteiger partial charge in [-0.1, -0.05) is 12.1 Å². The first-order chi connectivity index (χ1) is 7.20. The lowest BCUT2D eigenvalue weighted by molar-refractivity contribution is 0.0697. The first-order valence-electron chi connectivity index (χ1n) is 4.67. The fraction of sp³-hybridized carbons (Fsp3) is 0.0833. The summed E-state index contributed by atoms with van der Waals surface area (Å²) in [5.41, 5.74) is 2.88. The summed E-state index contributed by atoms with van der Waals surface area (Å²) in [5, 5.41) is 9.08. The predicted octanol–water partition coefficient (Wildman–Crippen LogP) is 2.69. The average molecular weight is 201 g/mol. The molecule has 2 rings (SSSR count). The lowest BCUT2D eigenvalue weighted by atomic mass is 9.99. The number of nitrogens with one attached hydrogen (secondary N) is 1. The second-order valence-electron chi connectivity index (χ2n) is 3.39. The van der Waals surface area contributed by atoms with Crippen LogP contribution in [0.4, 0.5) is 0 Å². The second-order valence-corrected chi connectivity index (χ2v) is 3.39. The smallest absolute Gasteiger partial charge is 0.336 e. The highest BCUT2D eigenvalue weighted by Crippen LogP contribution is 2.25. The number of rotatable bonds is 2. The summed E-state index contributed by atoms with van der Waals surface area (Å²) >= 11 is 0. The minimum atomic E-state index is -0.900. The monoisotopic (exact) mass is 201 g/mol. The zero-order valence-electron chi connectivity index (χ0n) is 8.32. The molecule has 0 amide bonds. The van der Waals surface area contributed by atoms with Gasteiger partial charge in [0.05, 0.1) is 5.56 Å². The van der Waals surface area contributed by atoms with E-state index in [9.17, 15) is 4.79 Å². The van der Waals surface area contributed by atoms with Crippen LogP contribution in [0, 0.1) is 6.92 Å². The Morgan fingerprint density at radius 1 is 1.27 bits per heavy atom. The van der Waals surface area contributed by atoms with Gasteiger partial charge in [-0.25, -0.2) is 4.79 Å². The van der Waals surface area contributed by atoms with Gasteiger partial charge in [0.2, 0.25) is 0 Å². The van der Waals surface area contributed by atoms with Crippen molar-refractivity contribution in [1.82, 2.24) is 4.98 Å². The summed E-state index contributed by atoms with van der Waals surface area (Å²) in [5.74, 6) is -0.900. The van der Waals surface area contributed by atoms with E-state index in [-0.39, 0.29) is 0 Å². The Morgan fingerprint density at radius 3 is 2.67 bits per heavy atom. The number of aromatic nitrogens is 1. The number of hydrogen-bond donors (Lipinski definition) is 2. The summed E-state index contributed by atoms with van der Waals surface area (Å²) in [4.78, 5) is 14.1. The van der Waals surface area contributed by atoms with Crippen molar-refractivity contribution in [3.05, 3.63) is 47.7 Å². The van der Waals surface area contributed by atoms with Gasteiger partial charge in [-0.15, -0.1) is 0 Å². The molecule has 0 saturated heterocycles. The molecule has 0 bridgehead atoms. The van der Waals surface area contributed by atoms with Crippen LogP contribution in [0.15, 0.2) is 36.5 Å². The number of carbonyl (C=O) groups is 1. The molecule has 0 aliphatic carbocycles. The van der Waals surface area contributed by atoms with Crippen molar-refractivity contribution >= 4 is 5.97 Å². The van der Waals surface area contributed by atoms with E-state index >= 15 is 0 Å². The highest BCUT2D eigenvalue weighted by atomic mass is 16.4. The van der Waals surface area contributed by atoms with Crippen LogP contribution >= 0.6 is 0 Å². The maximum absolute atomic E-state index is 11.1. The van der Waals surface area contributed by atoms with Crippen LogP contribution < -0.4 is 0 Å². The molecule has 0 aliphatic heterocycles. The van der Waals surface area contributed by atoms with Crippen molar-refractivity contribution in [2.24, 2.45) is 0 Å². The van der Waals surface area contributed by atoms with Gasteiger partial charge in [-0.2, -0.15) is 0 Å². The lowest BCUT2D eigenvalue weighted by Crippen LogP contribution is -2.01. The number of aromatic amines is 1. The molecule has 1 aromatic heterocycles. The van der Waals surface area contributed by atoms with Crippen molar-refractivity contribution in [3.63, 3.8) is 0 Å². The Balaban J connectivity index is 2.68. The molecule has 1 aromatic carbocycles. The number of aromatic carboxylic acids is 1. The van der Waals surface area contributed by atoms with E-state index in [1.807, 2.05) is 25.1 Å². The molecular formula is C12H11NO2. The molecule has 2 N–H and O–H groups in total. The summed E-state index contributed by atoms with van der Waals surface area (Å²) in [7, 11) is 0. The summed E-state index contributed by atoms with van der Waals surface area (Å²) in [6, 6.07) is 9.00. The van der Waals surface area contributed by atoms with E-state index in [0.29, 0.717) is 5.56 Å². The Kier molecular flexibility index (Phi) is 2.29. The normalized spacial score (nSPS) is 10.2. The van der Waals surface area contributed by atoms with Gasteiger partial charge in [0.1, 0.15) is 0 Å². The molecule has 3 nitrogen and oxygen atoms in total. The zero-order chi connectivity index (χ0) is 10.8. The van der Waals surface area contributed by atoms with E-state index in [1.54, 1.807) is 18.3 Å². The molecule has 0 atom stereocenters. The Morgan fingerprint density at radius 2 is 2.07 bits per heavy atom. The van der Waals surface area contributed by atoms with Gasteiger partial charge in [0, 0.05) is 17.5 Å². The van der Waals surface area contributed by atoms with Gasteiger partial charge in [0.25, 0.3) is 0 Å². The maximum atomic E-state index is 11.1. The molecule has 0 saturated carbocycles. The van der Waals surface area contributed by atoms with Crippen LogP contribution in [0.25, 0.3) is 11.3 Å². The van der Waals surface area contributed by atoms with Gasteiger partial charge in [0.15, 0.2) is 0 Å². The number of benzene rings is 1. The predicted molar refractivity (Wildman–Crippen MR) is 57.9 cm³/mol. The highest BCUT2D eigenvalue weighted by molar-refractivity contribution is 5.96. The SMILES string of the molecule is Cc1cccc(C(=O)O)c1-c1ccc[nH]1. The summed E-state index contributed by atoms with van der Waals surface area (Å²) in [6.45, 7) is 1.91. The number of H-pyrrole nitrogens is 1. The third-order valence-corrected chi connectivity index (χ3v) is 2.37. The molecule has 0 spiro atoms. The minimum Gasteiger partial charge on any atom is -0.478 e. The number of aryl methyl sites for hydroxylation is 1. The number of carboxylic acids is 1. The highest BCUT2D eigenvalue weighted by Gasteiger charge is 2.13. The third-order valence-electron chi connectivity index (χ3n) is 2.37. The fourth-order valence-corrected chi connectivity index (χ4v) is 1.69. The van der Waals surface area contributed by atoms with Crippen LogP contribution in [0.5, 0.6) is 0 Å². The van der Waals surface area contributed by atoms with E-state index in [0.717, 1.165) is 16.8 Å². The van der Waals surface area contributed by atoms with Crippen molar-refractivity contribution in [2.45, 2.75) is 6.92 Å². The van der Waals surface area contributed by atoms with Crippen LogP contribution in [0.2, 0.25) is 0 Å². The molecular weight excluding hydrogens is 190 g/mol. The molecule has 0 fully saturated rings. The molecule has 0 aliphatic rings. The van der Waals surface area contributed by atoms with Crippen molar-refractivity contribution in [3.8, 4) is 11.3 Å². The molecule has 0 radical (unpaired) electrons. The lowest BCUT2D eigenvalue weighted by Gasteiger charge is -2.07. The second kappa shape index (κ2) is 3.61. The Bertz CT molecular complexity index is 486. The van der Waals surface area contributed by atoms with Crippen LogP contribution in [0.1, 0.15) is 15.9 Å². The Labute approximate surface area is 87.4 Å². The molecule has 76 valence electrons. The molecule has 0 unspecified atom stereocenters. The Hall–Kier alpha value is -2.03. The number of carboxylic acid groups (broad SMARTS) is 1. The van der Waals surface area contributed by atoms with E-state index in [1.165, 1.54) is 0 Å². The minimum absolute atomic E-state index is 0.331. The van der Waals surface area contributed by atoms with E-state index < -0.39 is 5.97 Å². The van der Waals surface area contributed by atoms with Gasteiger partial charge in [-0.05, 0) is 30.7 Å². The van der Waals surface area contributed by atoms with Gasteiger partial charge < -0.3 is 10.1 Å². The molecule has 1 heterocycles.